The molecule has 2 aromatic carbocycles. The molecule has 0 saturated heterocycles. The van der Waals surface area contributed by atoms with E-state index in [0.717, 1.165) is 0 Å². The van der Waals surface area contributed by atoms with Gasteiger partial charge in [-0.3, -0.25) is 4.79 Å². The summed E-state index contributed by atoms with van der Waals surface area (Å²) in [5.41, 5.74) is 6.15. The molecule has 0 saturated carbocycles. The summed E-state index contributed by atoms with van der Waals surface area (Å²) in [7, 11) is -7.51. The quantitative estimate of drug-likeness (QED) is 0.846. The Balaban J connectivity index is 2.08. The lowest BCUT2D eigenvalue weighted by Gasteiger charge is -2.11. The van der Waals surface area contributed by atoms with Crippen molar-refractivity contribution in [2.75, 3.05) is 5.75 Å². The summed E-state index contributed by atoms with van der Waals surface area (Å²) in [4.78, 5) is 11.2. The molecule has 130 valence electrons. The number of amides is 1. The van der Waals surface area contributed by atoms with Crippen molar-refractivity contribution >= 4 is 36.6 Å². The van der Waals surface area contributed by atoms with E-state index < -0.39 is 37.1 Å². The Hall–Kier alpha value is -2.45. The van der Waals surface area contributed by atoms with E-state index in [4.69, 9.17) is 5.73 Å². The zero-order valence-corrected chi connectivity index (χ0v) is 14.7. The lowest BCUT2D eigenvalue weighted by molar-refractivity contribution is -0.115. The van der Waals surface area contributed by atoms with Crippen LogP contribution in [0, 0.1) is 0 Å². The van der Waals surface area contributed by atoms with Crippen LogP contribution < -0.4 is 5.73 Å². The van der Waals surface area contributed by atoms with Crippen molar-refractivity contribution in [1.29, 1.82) is 0 Å². The molecule has 3 rings (SSSR count). The fourth-order valence-electron chi connectivity index (χ4n) is 2.80. The van der Waals surface area contributed by atoms with E-state index >= 15 is 0 Å². The van der Waals surface area contributed by atoms with Crippen LogP contribution in [0.25, 0.3) is 11.0 Å². The molecule has 0 aliphatic carbocycles. The van der Waals surface area contributed by atoms with Gasteiger partial charge in [-0.1, -0.05) is 42.5 Å². The molecule has 2 aromatic rings. The van der Waals surface area contributed by atoms with E-state index in [0.29, 0.717) is 16.7 Å². The Morgan fingerprint density at radius 2 is 1.64 bits per heavy atom. The first kappa shape index (κ1) is 17.4. The molecule has 25 heavy (non-hydrogen) atoms. The molecule has 0 spiro atoms. The normalized spacial score (nSPS) is 15.4. The number of sulfone groups is 2. The summed E-state index contributed by atoms with van der Waals surface area (Å²) in [5, 5.41) is 0. The summed E-state index contributed by atoms with van der Waals surface area (Å²) in [6.07, 6.45) is 1.53. The van der Waals surface area contributed by atoms with Gasteiger partial charge in [0.15, 0.2) is 9.84 Å². The molecular formula is C17H15NO5S2. The SMILES string of the molecule is NC(=O)CS(=O)(=O)Cc1ccccc1C1=Cc2ccccc2S1(=O)=O. The second-order valence-electron chi connectivity index (χ2n) is 5.71. The molecule has 0 unspecified atom stereocenters. The van der Waals surface area contributed by atoms with Crippen molar-refractivity contribution in [3.8, 4) is 0 Å². The molecule has 0 bridgehead atoms. The number of primary amides is 1. The summed E-state index contributed by atoms with van der Waals surface area (Å²) in [5.74, 6) is -2.19. The van der Waals surface area contributed by atoms with Gasteiger partial charge in [0.25, 0.3) is 0 Å². The Labute approximate surface area is 145 Å². The van der Waals surface area contributed by atoms with Gasteiger partial charge in [0.2, 0.25) is 15.7 Å². The van der Waals surface area contributed by atoms with Gasteiger partial charge in [0, 0.05) is 0 Å². The summed E-state index contributed by atoms with van der Waals surface area (Å²) >= 11 is 0. The number of hydrogen-bond acceptors (Lipinski definition) is 5. The van der Waals surface area contributed by atoms with Crippen molar-refractivity contribution in [2.24, 2.45) is 5.73 Å². The van der Waals surface area contributed by atoms with Crippen LogP contribution >= 0.6 is 0 Å². The van der Waals surface area contributed by atoms with Crippen LogP contribution in [0.1, 0.15) is 16.7 Å². The topological polar surface area (TPSA) is 111 Å². The standard InChI is InChI=1S/C17H15NO5S2/c18-17(19)11-24(20,21)10-13-6-1-3-7-14(13)16-9-12-5-2-4-8-15(12)25(16,22)23/h1-9H,10-11H2,(H2,18,19). The number of carbonyl (C=O) groups is 1. The first-order chi connectivity index (χ1) is 11.7. The van der Waals surface area contributed by atoms with Crippen LogP contribution in [0.4, 0.5) is 0 Å². The van der Waals surface area contributed by atoms with Gasteiger partial charge in [0.05, 0.1) is 15.6 Å². The van der Waals surface area contributed by atoms with Crippen molar-refractivity contribution in [3.63, 3.8) is 0 Å². The van der Waals surface area contributed by atoms with Crippen molar-refractivity contribution in [2.45, 2.75) is 10.6 Å². The predicted molar refractivity (Wildman–Crippen MR) is 94.6 cm³/mol. The molecular weight excluding hydrogens is 362 g/mol. The Kier molecular flexibility index (Phi) is 4.26. The molecule has 1 aliphatic heterocycles. The molecule has 0 fully saturated rings. The van der Waals surface area contributed by atoms with Gasteiger partial charge in [-0.25, -0.2) is 16.8 Å². The largest absolute Gasteiger partial charge is 0.369 e. The fraction of sp³-hybridized carbons (Fsp3) is 0.118. The highest BCUT2D eigenvalue weighted by Gasteiger charge is 2.32. The van der Waals surface area contributed by atoms with Crippen LogP contribution in [-0.2, 0) is 30.2 Å². The van der Waals surface area contributed by atoms with E-state index in [9.17, 15) is 21.6 Å². The Morgan fingerprint density at radius 1 is 1.00 bits per heavy atom. The van der Waals surface area contributed by atoms with Gasteiger partial charge < -0.3 is 5.73 Å². The van der Waals surface area contributed by atoms with E-state index in [1.54, 1.807) is 36.4 Å². The van der Waals surface area contributed by atoms with E-state index in [2.05, 4.69) is 0 Å². The number of hydrogen-bond donors (Lipinski definition) is 1. The highest BCUT2D eigenvalue weighted by molar-refractivity contribution is 8.01. The van der Waals surface area contributed by atoms with Crippen LogP contribution in [0.2, 0.25) is 0 Å². The minimum Gasteiger partial charge on any atom is -0.369 e. The second-order valence-corrected chi connectivity index (χ2v) is 9.66. The van der Waals surface area contributed by atoms with Crippen LogP contribution in [0.15, 0.2) is 53.4 Å². The second kappa shape index (κ2) is 6.12. The monoisotopic (exact) mass is 377 g/mol. The molecule has 6 nitrogen and oxygen atoms in total. The summed E-state index contributed by atoms with van der Waals surface area (Å²) in [6.45, 7) is 0. The maximum Gasteiger partial charge on any atom is 0.232 e. The fourth-order valence-corrected chi connectivity index (χ4v) is 5.76. The van der Waals surface area contributed by atoms with Crippen LogP contribution in [0.3, 0.4) is 0 Å². The van der Waals surface area contributed by atoms with Gasteiger partial charge >= 0.3 is 0 Å². The number of rotatable bonds is 5. The maximum absolute atomic E-state index is 12.8. The number of fused-ring (bicyclic) bond motifs is 1. The lowest BCUT2D eigenvalue weighted by Crippen LogP contribution is -2.24. The Bertz CT molecular complexity index is 1100. The highest BCUT2D eigenvalue weighted by Crippen LogP contribution is 2.39. The molecule has 0 atom stereocenters. The molecule has 1 aliphatic rings. The molecule has 8 heteroatoms. The number of carbonyl (C=O) groups excluding carboxylic acids is 1. The maximum atomic E-state index is 12.8. The van der Waals surface area contributed by atoms with Crippen LogP contribution in [0.5, 0.6) is 0 Å². The lowest BCUT2D eigenvalue weighted by atomic mass is 10.1. The van der Waals surface area contributed by atoms with E-state index in [1.807, 2.05) is 0 Å². The average molecular weight is 377 g/mol. The number of benzene rings is 2. The van der Waals surface area contributed by atoms with Gasteiger partial charge in [-0.15, -0.1) is 0 Å². The minimum absolute atomic E-state index is 0.0542. The third-order valence-electron chi connectivity index (χ3n) is 3.81. The van der Waals surface area contributed by atoms with Crippen LogP contribution in [-0.4, -0.2) is 28.5 Å². The molecule has 0 aromatic heterocycles. The van der Waals surface area contributed by atoms with Crippen molar-refractivity contribution in [3.05, 3.63) is 65.2 Å². The predicted octanol–water partition coefficient (Wildman–Crippen LogP) is 1.37. The zero-order chi connectivity index (χ0) is 18.2. The van der Waals surface area contributed by atoms with E-state index in [-0.39, 0.29) is 9.80 Å². The zero-order valence-electron chi connectivity index (χ0n) is 13.0. The molecule has 1 heterocycles. The molecule has 0 radical (unpaired) electrons. The molecule has 1 amide bonds. The minimum atomic E-state index is -3.79. The van der Waals surface area contributed by atoms with Crippen molar-refractivity contribution in [1.82, 2.24) is 0 Å². The first-order valence-corrected chi connectivity index (χ1v) is 10.6. The summed E-state index contributed by atoms with van der Waals surface area (Å²) < 4.78 is 49.8. The average Bonchev–Trinajstić information content (AvgIpc) is 2.78. The van der Waals surface area contributed by atoms with E-state index in [1.165, 1.54) is 18.2 Å². The smallest absolute Gasteiger partial charge is 0.232 e. The van der Waals surface area contributed by atoms with Gasteiger partial charge in [-0.05, 0) is 28.8 Å². The Morgan fingerprint density at radius 3 is 2.32 bits per heavy atom. The third kappa shape index (κ3) is 3.35. The first-order valence-electron chi connectivity index (χ1n) is 7.33. The van der Waals surface area contributed by atoms with Crippen molar-refractivity contribution < 1.29 is 21.6 Å². The third-order valence-corrected chi connectivity index (χ3v) is 7.15. The van der Waals surface area contributed by atoms with Gasteiger partial charge in [0.1, 0.15) is 5.75 Å². The number of nitrogens with two attached hydrogens (primary N) is 1. The summed E-state index contributed by atoms with van der Waals surface area (Å²) in [6, 6.07) is 12.9. The molecule has 2 N–H and O–H groups in total. The highest BCUT2D eigenvalue weighted by atomic mass is 32.2. The van der Waals surface area contributed by atoms with Gasteiger partial charge in [-0.2, -0.15) is 0 Å².